The van der Waals surface area contributed by atoms with Crippen LogP contribution >= 0.6 is 0 Å². The SMILES string of the molecule is CC(C)(C)NC(=O)O[C@H](CN)C[C@@H]1CCCOC1. The molecule has 1 saturated heterocycles. The lowest BCUT2D eigenvalue weighted by Gasteiger charge is -2.27. The van der Waals surface area contributed by atoms with Gasteiger partial charge in [0.2, 0.25) is 0 Å². The molecule has 2 atom stereocenters. The lowest BCUT2D eigenvalue weighted by atomic mass is 9.95. The molecule has 5 heteroatoms. The monoisotopic (exact) mass is 258 g/mol. The third-order valence-corrected chi connectivity index (χ3v) is 2.86. The van der Waals surface area contributed by atoms with Gasteiger partial charge in [0.25, 0.3) is 0 Å². The summed E-state index contributed by atoms with van der Waals surface area (Å²) in [5.74, 6) is 0.453. The molecule has 1 aliphatic rings. The number of amides is 1. The molecule has 1 rings (SSSR count). The van der Waals surface area contributed by atoms with Gasteiger partial charge in [-0.15, -0.1) is 0 Å². The van der Waals surface area contributed by atoms with Crippen LogP contribution in [0.15, 0.2) is 0 Å². The van der Waals surface area contributed by atoms with Gasteiger partial charge in [-0.2, -0.15) is 0 Å². The first-order valence-corrected chi connectivity index (χ1v) is 6.67. The summed E-state index contributed by atoms with van der Waals surface area (Å²) in [5.41, 5.74) is 5.37. The molecule has 0 saturated carbocycles. The van der Waals surface area contributed by atoms with Crippen molar-refractivity contribution in [1.29, 1.82) is 0 Å². The van der Waals surface area contributed by atoms with Crippen molar-refractivity contribution in [2.75, 3.05) is 19.8 Å². The van der Waals surface area contributed by atoms with Crippen LogP contribution in [0.3, 0.4) is 0 Å². The Kier molecular flexibility index (Phi) is 5.88. The fourth-order valence-electron chi connectivity index (χ4n) is 2.04. The fraction of sp³-hybridized carbons (Fsp3) is 0.923. The van der Waals surface area contributed by atoms with Gasteiger partial charge in [-0.25, -0.2) is 4.79 Å². The molecule has 0 unspecified atom stereocenters. The van der Waals surface area contributed by atoms with Crippen LogP contribution in [0.1, 0.15) is 40.0 Å². The molecule has 106 valence electrons. The van der Waals surface area contributed by atoms with Gasteiger partial charge >= 0.3 is 6.09 Å². The maximum absolute atomic E-state index is 11.6. The van der Waals surface area contributed by atoms with Crippen LogP contribution in [0.4, 0.5) is 4.79 Å². The molecule has 0 aromatic heterocycles. The van der Waals surface area contributed by atoms with Gasteiger partial charge in [0, 0.05) is 25.3 Å². The second-order valence-electron chi connectivity index (χ2n) is 5.96. The van der Waals surface area contributed by atoms with Crippen LogP contribution < -0.4 is 11.1 Å². The molecule has 1 heterocycles. The summed E-state index contributed by atoms with van der Waals surface area (Å²) >= 11 is 0. The number of hydrogen-bond acceptors (Lipinski definition) is 4. The van der Waals surface area contributed by atoms with Crippen molar-refractivity contribution in [2.45, 2.75) is 51.7 Å². The molecular weight excluding hydrogens is 232 g/mol. The molecular formula is C13H26N2O3. The van der Waals surface area contributed by atoms with Gasteiger partial charge in [0.1, 0.15) is 6.10 Å². The molecule has 5 nitrogen and oxygen atoms in total. The average Bonchev–Trinajstić information content (AvgIpc) is 2.27. The highest BCUT2D eigenvalue weighted by molar-refractivity contribution is 5.68. The van der Waals surface area contributed by atoms with Crippen molar-refractivity contribution in [3.8, 4) is 0 Å². The first-order chi connectivity index (χ1) is 8.40. The second-order valence-corrected chi connectivity index (χ2v) is 5.96. The van der Waals surface area contributed by atoms with Gasteiger partial charge in [0.15, 0.2) is 0 Å². The Morgan fingerprint density at radius 1 is 1.56 bits per heavy atom. The van der Waals surface area contributed by atoms with E-state index in [4.69, 9.17) is 15.2 Å². The Morgan fingerprint density at radius 2 is 2.28 bits per heavy atom. The van der Waals surface area contributed by atoms with Crippen molar-refractivity contribution in [2.24, 2.45) is 11.7 Å². The van der Waals surface area contributed by atoms with Crippen molar-refractivity contribution in [3.63, 3.8) is 0 Å². The van der Waals surface area contributed by atoms with E-state index in [1.54, 1.807) is 0 Å². The van der Waals surface area contributed by atoms with Crippen LogP contribution in [0.2, 0.25) is 0 Å². The number of carbonyl (C=O) groups is 1. The van der Waals surface area contributed by atoms with Crippen LogP contribution in [-0.2, 0) is 9.47 Å². The van der Waals surface area contributed by atoms with Crippen LogP contribution in [0.5, 0.6) is 0 Å². The Morgan fingerprint density at radius 3 is 2.78 bits per heavy atom. The smallest absolute Gasteiger partial charge is 0.407 e. The third-order valence-electron chi connectivity index (χ3n) is 2.86. The van der Waals surface area contributed by atoms with Gasteiger partial charge < -0.3 is 20.5 Å². The summed E-state index contributed by atoms with van der Waals surface area (Å²) in [4.78, 5) is 11.6. The van der Waals surface area contributed by atoms with Gasteiger partial charge in [-0.3, -0.25) is 0 Å². The predicted molar refractivity (Wildman–Crippen MR) is 70.4 cm³/mol. The average molecular weight is 258 g/mol. The number of ether oxygens (including phenoxy) is 2. The zero-order chi connectivity index (χ0) is 13.6. The van der Waals surface area contributed by atoms with E-state index >= 15 is 0 Å². The summed E-state index contributed by atoms with van der Waals surface area (Å²) in [6.07, 6.45) is 2.37. The van der Waals surface area contributed by atoms with Crippen molar-refractivity contribution in [3.05, 3.63) is 0 Å². The Hall–Kier alpha value is -0.810. The highest BCUT2D eigenvalue weighted by atomic mass is 16.6. The van der Waals surface area contributed by atoms with E-state index in [-0.39, 0.29) is 11.6 Å². The number of alkyl carbamates (subject to hydrolysis) is 1. The Bertz CT molecular complexity index is 257. The third kappa shape index (κ3) is 6.21. The first-order valence-electron chi connectivity index (χ1n) is 6.67. The van der Waals surface area contributed by atoms with Crippen molar-refractivity contribution < 1.29 is 14.3 Å². The fourth-order valence-corrected chi connectivity index (χ4v) is 2.04. The van der Waals surface area contributed by atoms with E-state index in [0.717, 1.165) is 32.5 Å². The molecule has 3 N–H and O–H groups in total. The number of nitrogens with two attached hydrogens (primary N) is 1. The highest BCUT2D eigenvalue weighted by Crippen LogP contribution is 2.20. The molecule has 0 aromatic carbocycles. The summed E-state index contributed by atoms with van der Waals surface area (Å²) in [6.45, 7) is 7.70. The zero-order valence-electron chi connectivity index (χ0n) is 11.7. The van der Waals surface area contributed by atoms with Crippen LogP contribution in [-0.4, -0.2) is 37.5 Å². The topological polar surface area (TPSA) is 73.6 Å². The minimum atomic E-state index is -0.394. The van der Waals surface area contributed by atoms with Gasteiger partial charge in [0.05, 0.1) is 0 Å². The largest absolute Gasteiger partial charge is 0.445 e. The minimum absolute atomic E-state index is 0.223. The zero-order valence-corrected chi connectivity index (χ0v) is 11.7. The minimum Gasteiger partial charge on any atom is -0.445 e. The van der Waals surface area contributed by atoms with E-state index < -0.39 is 6.09 Å². The maximum atomic E-state index is 11.6. The number of carbonyl (C=O) groups excluding carboxylic acids is 1. The summed E-state index contributed by atoms with van der Waals surface area (Å²) < 4.78 is 10.8. The Balaban J connectivity index is 2.34. The summed E-state index contributed by atoms with van der Waals surface area (Å²) in [6, 6.07) is 0. The molecule has 0 aliphatic carbocycles. The second kappa shape index (κ2) is 6.95. The van der Waals surface area contributed by atoms with Gasteiger partial charge in [-0.05, 0) is 46.0 Å². The predicted octanol–water partition coefficient (Wildman–Crippen LogP) is 1.66. The molecule has 1 fully saturated rings. The number of nitrogens with one attached hydrogen (secondary N) is 1. The lowest BCUT2D eigenvalue weighted by Crippen LogP contribution is -2.43. The molecule has 0 aromatic rings. The molecule has 1 amide bonds. The molecule has 18 heavy (non-hydrogen) atoms. The molecule has 0 spiro atoms. The highest BCUT2D eigenvalue weighted by Gasteiger charge is 2.23. The van der Waals surface area contributed by atoms with E-state index in [0.29, 0.717) is 12.5 Å². The molecule has 1 aliphatic heterocycles. The van der Waals surface area contributed by atoms with E-state index in [9.17, 15) is 4.79 Å². The van der Waals surface area contributed by atoms with Crippen molar-refractivity contribution in [1.82, 2.24) is 5.32 Å². The van der Waals surface area contributed by atoms with Crippen molar-refractivity contribution >= 4 is 6.09 Å². The van der Waals surface area contributed by atoms with E-state index in [1.807, 2.05) is 20.8 Å². The van der Waals surface area contributed by atoms with E-state index in [2.05, 4.69) is 5.32 Å². The number of hydrogen-bond donors (Lipinski definition) is 2. The maximum Gasteiger partial charge on any atom is 0.407 e. The van der Waals surface area contributed by atoms with Gasteiger partial charge in [-0.1, -0.05) is 0 Å². The standard InChI is InChI=1S/C13H26N2O3/c1-13(2,3)15-12(16)18-11(8-14)7-10-5-4-6-17-9-10/h10-11H,4-9,14H2,1-3H3,(H,15,16)/t10-,11-/m0/s1. The quantitative estimate of drug-likeness (QED) is 0.804. The normalized spacial score (nSPS) is 22.3. The molecule has 0 radical (unpaired) electrons. The number of rotatable bonds is 4. The van der Waals surface area contributed by atoms with Crippen LogP contribution in [0.25, 0.3) is 0 Å². The molecule has 0 bridgehead atoms. The summed E-state index contributed by atoms with van der Waals surface area (Å²) in [7, 11) is 0. The Labute approximate surface area is 109 Å². The van der Waals surface area contributed by atoms with E-state index in [1.165, 1.54) is 0 Å². The first kappa shape index (κ1) is 15.2. The lowest BCUT2D eigenvalue weighted by molar-refractivity contribution is 0.0229. The van der Waals surface area contributed by atoms with Crippen LogP contribution in [0, 0.1) is 5.92 Å². The summed E-state index contributed by atoms with van der Waals surface area (Å²) in [5, 5.41) is 2.77.